The molecule has 116 valence electrons. The van der Waals surface area contributed by atoms with Crippen LogP contribution in [-0.2, 0) is 4.79 Å². The molecule has 2 aliphatic heterocycles. The zero-order valence-corrected chi connectivity index (χ0v) is 12.7. The summed E-state index contributed by atoms with van der Waals surface area (Å²) in [4.78, 5) is 16.4. The molecule has 3 rings (SSSR count). The van der Waals surface area contributed by atoms with Crippen molar-refractivity contribution in [1.82, 2.24) is 9.80 Å². The third kappa shape index (κ3) is 3.49. The van der Waals surface area contributed by atoms with Crippen LogP contribution in [0.2, 0.25) is 0 Å². The topological polar surface area (TPSA) is 42.0 Å². The van der Waals surface area contributed by atoms with Crippen LogP contribution in [0.1, 0.15) is 5.56 Å². The second-order valence-electron chi connectivity index (χ2n) is 5.47. The summed E-state index contributed by atoms with van der Waals surface area (Å²) in [6.07, 6.45) is 6.82. The van der Waals surface area contributed by atoms with Crippen molar-refractivity contribution in [2.45, 2.75) is 0 Å². The maximum atomic E-state index is 11.9. The van der Waals surface area contributed by atoms with Crippen LogP contribution in [0.3, 0.4) is 0 Å². The number of carbonyl (C=O) groups excluding carboxylic acids is 1. The van der Waals surface area contributed by atoms with E-state index in [4.69, 9.17) is 9.47 Å². The van der Waals surface area contributed by atoms with Gasteiger partial charge in [-0.05, 0) is 25.3 Å². The van der Waals surface area contributed by atoms with Crippen LogP contribution in [0.15, 0.2) is 36.6 Å². The number of hydrogen-bond acceptors (Lipinski definition) is 5. The normalized spacial score (nSPS) is 18.5. The van der Waals surface area contributed by atoms with Crippen molar-refractivity contribution in [2.24, 2.45) is 0 Å². The van der Waals surface area contributed by atoms with Gasteiger partial charge in [0.15, 0.2) is 17.3 Å². The molecule has 0 bridgehead atoms. The number of carbonyl (C=O) groups is 1. The Bertz CT molecular complexity index is 602. The molecule has 2 heterocycles. The second kappa shape index (κ2) is 6.66. The van der Waals surface area contributed by atoms with E-state index in [0.717, 1.165) is 37.5 Å². The molecule has 0 atom stereocenters. The largest absolute Gasteiger partial charge is 0.454 e. The van der Waals surface area contributed by atoms with Gasteiger partial charge in [0.2, 0.25) is 6.79 Å². The quantitative estimate of drug-likeness (QED) is 0.793. The van der Waals surface area contributed by atoms with Gasteiger partial charge in [0.05, 0.1) is 0 Å². The molecule has 0 spiro atoms. The van der Waals surface area contributed by atoms with E-state index in [1.807, 2.05) is 24.4 Å². The molecule has 0 aliphatic carbocycles. The Hall–Kier alpha value is -2.27. The van der Waals surface area contributed by atoms with Gasteiger partial charge in [-0.15, -0.1) is 0 Å². The van der Waals surface area contributed by atoms with Gasteiger partial charge in [0, 0.05) is 44.0 Å². The molecule has 0 amide bonds. The van der Waals surface area contributed by atoms with Gasteiger partial charge in [0.25, 0.3) is 0 Å². The Morgan fingerprint density at radius 2 is 1.95 bits per heavy atom. The standard InChI is InChI=1S/C17H20N2O3/c1-18-9-11-19(12-10-18)8-7-15(20)6-5-14-3-2-4-16-17(14)22-13-21-16/h2-8H,9-13H2,1H3/b6-5+,8-7+. The van der Waals surface area contributed by atoms with Crippen molar-refractivity contribution in [2.75, 3.05) is 40.0 Å². The van der Waals surface area contributed by atoms with Gasteiger partial charge in [-0.3, -0.25) is 4.79 Å². The Kier molecular flexibility index (Phi) is 4.44. The first-order valence-electron chi connectivity index (χ1n) is 7.44. The van der Waals surface area contributed by atoms with Crippen molar-refractivity contribution in [3.8, 4) is 11.5 Å². The Balaban J connectivity index is 1.59. The van der Waals surface area contributed by atoms with E-state index >= 15 is 0 Å². The average Bonchev–Trinajstić information content (AvgIpc) is 3.01. The smallest absolute Gasteiger partial charge is 0.231 e. The molecule has 0 radical (unpaired) electrons. The van der Waals surface area contributed by atoms with Gasteiger partial charge in [-0.2, -0.15) is 0 Å². The SMILES string of the molecule is CN1CCN(/C=C/C(=O)/C=C/c2cccc3c2OCO3)CC1. The van der Waals surface area contributed by atoms with Gasteiger partial charge in [-0.1, -0.05) is 12.1 Å². The molecular formula is C17H20N2O3. The lowest BCUT2D eigenvalue weighted by Crippen LogP contribution is -2.41. The molecule has 5 heteroatoms. The van der Waals surface area contributed by atoms with E-state index in [0.29, 0.717) is 5.75 Å². The highest BCUT2D eigenvalue weighted by molar-refractivity contribution is 6.02. The Labute approximate surface area is 130 Å². The molecule has 22 heavy (non-hydrogen) atoms. The summed E-state index contributed by atoms with van der Waals surface area (Å²) in [5.41, 5.74) is 0.858. The maximum absolute atomic E-state index is 11.9. The van der Waals surface area contributed by atoms with E-state index in [1.165, 1.54) is 0 Å². The van der Waals surface area contributed by atoms with Crippen LogP contribution >= 0.6 is 0 Å². The number of ether oxygens (including phenoxy) is 2. The molecule has 0 unspecified atom stereocenters. The van der Waals surface area contributed by atoms with Crippen molar-refractivity contribution >= 4 is 11.9 Å². The van der Waals surface area contributed by atoms with Crippen molar-refractivity contribution < 1.29 is 14.3 Å². The molecule has 5 nitrogen and oxygen atoms in total. The molecular weight excluding hydrogens is 280 g/mol. The number of rotatable bonds is 4. The minimum absolute atomic E-state index is 0.0320. The van der Waals surface area contributed by atoms with Crippen LogP contribution < -0.4 is 9.47 Å². The van der Waals surface area contributed by atoms with E-state index in [9.17, 15) is 4.79 Å². The van der Waals surface area contributed by atoms with Gasteiger partial charge in [0.1, 0.15) is 0 Å². The average molecular weight is 300 g/mol. The number of benzene rings is 1. The third-order valence-corrected chi connectivity index (χ3v) is 3.84. The predicted molar refractivity (Wildman–Crippen MR) is 84.8 cm³/mol. The first kappa shape index (κ1) is 14.7. The van der Waals surface area contributed by atoms with Crippen LogP contribution in [0.5, 0.6) is 11.5 Å². The molecule has 0 saturated carbocycles. The number of para-hydroxylation sites is 1. The molecule has 0 aromatic heterocycles. The van der Waals surface area contributed by atoms with E-state index in [-0.39, 0.29) is 12.6 Å². The molecule has 1 saturated heterocycles. The van der Waals surface area contributed by atoms with Crippen LogP contribution in [-0.4, -0.2) is 55.6 Å². The molecule has 0 N–H and O–H groups in total. The fourth-order valence-corrected chi connectivity index (χ4v) is 2.46. The molecule has 2 aliphatic rings. The van der Waals surface area contributed by atoms with Crippen LogP contribution in [0, 0.1) is 0 Å². The van der Waals surface area contributed by atoms with Crippen LogP contribution in [0.25, 0.3) is 6.08 Å². The summed E-state index contributed by atoms with van der Waals surface area (Å²) in [6, 6.07) is 5.65. The number of ketones is 1. The fourth-order valence-electron chi connectivity index (χ4n) is 2.46. The summed E-state index contributed by atoms with van der Waals surface area (Å²) in [6.45, 7) is 4.21. The van der Waals surface area contributed by atoms with Crippen molar-refractivity contribution in [3.63, 3.8) is 0 Å². The maximum Gasteiger partial charge on any atom is 0.231 e. The number of likely N-dealkylation sites (N-methyl/N-ethyl adjacent to an activating group) is 1. The Morgan fingerprint density at radius 3 is 2.77 bits per heavy atom. The lowest BCUT2D eigenvalue weighted by Gasteiger charge is -2.31. The lowest BCUT2D eigenvalue weighted by atomic mass is 10.1. The first-order valence-corrected chi connectivity index (χ1v) is 7.44. The Morgan fingerprint density at radius 1 is 1.14 bits per heavy atom. The minimum atomic E-state index is -0.0320. The first-order chi connectivity index (χ1) is 10.7. The van der Waals surface area contributed by atoms with Crippen molar-refractivity contribution in [3.05, 3.63) is 42.1 Å². The summed E-state index contributed by atoms with van der Waals surface area (Å²) < 4.78 is 10.7. The highest BCUT2D eigenvalue weighted by Gasteiger charge is 2.15. The third-order valence-electron chi connectivity index (χ3n) is 3.84. The van der Waals surface area contributed by atoms with Gasteiger partial charge >= 0.3 is 0 Å². The van der Waals surface area contributed by atoms with E-state index in [1.54, 1.807) is 18.2 Å². The van der Waals surface area contributed by atoms with E-state index in [2.05, 4.69) is 16.8 Å². The summed E-state index contributed by atoms with van der Waals surface area (Å²) in [5, 5.41) is 0. The molecule has 1 aromatic rings. The summed E-state index contributed by atoms with van der Waals surface area (Å²) in [7, 11) is 2.11. The minimum Gasteiger partial charge on any atom is -0.454 e. The zero-order chi connectivity index (χ0) is 15.4. The highest BCUT2D eigenvalue weighted by atomic mass is 16.7. The lowest BCUT2D eigenvalue weighted by molar-refractivity contribution is -0.110. The summed E-state index contributed by atoms with van der Waals surface area (Å²) >= 11 is 0. The number of fused-ring (bicyclic) bond motifs is 1. The van der Waals surface area contributed by atoms with Gasteiger partial charge in [-0.25, -0.2) is 0 Å². The molecule has 1 aromatic carbocycles. The number of nitrogens with zero attached hydrogens (tertiary/aromatic N) is 2. The summed E-state index contributed by atoms with van der Waals surface area (Å²) in [5.74, 6) is 1.40. The van der Waals surface area contributed by atoms with Gasteiger partial charge < -0.3 is 19.3 Å². The van der Waals surface area contributed by atoms with Crippen LogP contribution in [0.4, 0.5) is 0 Å². The predicted octanol–water partition coefficient (Wildman–Crippen LogP) is 1.76. The number of allylic oxidation sites excluding steroid dienone is 2. The monoisotopic (exact) mass is 300 g/mol. The molecule has 1 fully saturated rings. The number of piperazine rings is 1. The zero-order valence-electron chi connectivity index (χ0n) is 12.7. The van der Waals surface area contributed by atoms with E-state index < -0.39 is 0 Å². The fraction of sp³-hybridized carbons (Fsp3) is 0.353. The number of hydrogen-bond donors (Lipinski definition) is 0. The second-order valence-corrected chi connectivity index (χ2v) is 5.47. The van der Waals surface area contributed by atoms with Crippen molar-refractivity contribution in [1.29, 1.82) is 0 Å². The highest BCUT2D eigenvalue weighted by Crippen LogP contribution is 2.35.